The second kappa shape index (κ2) is 5.24. The fourth-order valence-corrected chi connectivity index (χ4v) is 2.36. The number of halogens is 2. The number of anilines is 1. The van der Waals surface area contributed by atoms with Crippen LogP contribution in [0.15, 0.2) is 30.3 Å². The maximum absolute atomic E-state index is 12.5. The van der Waals surface area contributed by atoms with Crippen molar-refractivity contribution in [2.45, 2.75) is 13.8 Å². The summed E-state index contributed by atoms with van der Waals surface area (Å²) in [5, 5.41) is 0.585. The van der Waals surface area contributed by atoms with Gasteiger partial charge in [-0.1, -0.05) is 41.4 Å². The number of nitrogens with two attached hydrogens (primary N) is 1. The Morgan fingerprint density at radius 3 is 2.26 bits per heavy atom. The number of hydrogen-bond donors (Lipinski definition) is 1. The summed E-state index contributed by atoms with van der Waals surface area (Å²) in [6, 6.07) is 8.72. The normalized spacial score (nSPS) is 10.5. The average molecular weight is 294 g/mol. The topological polar surface area (TPSA) is 43.1 Å². The Morgan fingerprint density at radius 1 is 1.11 bits per heavy atom. The van der Waals surface area contributed by atoms with E-state index >= 15 is 0 Å². The summed E-state index contributed by atoms with van der Waals surface area (Å²) in [6.07, 6.45) is 0. The molecule has 0 amide bonds. The van der Waals surface area contributed by atoms with E-state index in [0.29, 0.717) is 26.9 Å². The maximum atomic E-state index is 12.5. The summed E-state index contributed by atoms with van der Waals surface area (Å²) in [4.78, 5) is 12.5. The number of nitrogen functional groups attached to an aromatic ring is 1. The highest BCUT2D eigenvalue weighted by atomic mass is 35.5. The lowest BCUT2D eigenvalue weighted by Gasteiger charge is -2.09. The van der Waals surface area contributed by atoms with Crippen molar-refractivity contribution in [1.82, 2.24) is 0 Å². The van der Waals surface area contributed by atoms with Crippen LogP contribution in [0.1, 0.15) is 27.0 Å². The smallest absolute Gasteiger partial charge is 0.193 e. The highest BCUT2D eigenvalue weighted by molar-refractivity contribution is 6.39. The van der Waals surface area contributed by atoms with Crippen molar-refractivity contribution < 1.29 is 4.79 Å². The number of ketones is 1. The summed E-state index contributed by atoms with van der Waals surface area (Å²) in [7, 11) is 0. The van der Waals surface area contributed by atoms with Crippen molar-refractivity contribution >= 4 is 34.7 Å². The minimum Gasteiger partial charge on any atom is -0.396 e. The van der Waals surface area contributed by atoms with E-state index in [1.807, 2.05) is 26.0 Å². The number of carbonyl (C=O) groups is 1. The Balaban J connectivity index is 2.53. The number of benzene rings is 2. The van der Waals surface area contributed by atoms with Crippen molar-refractivity contribution in [2.75, 3.05) is 5.73 Å². The van der Waals surface area contributed by atoms with Gasteiger partial charge in [-0.2, -0.15) is 0 Å². The Bertz CT molecular complexity index is 642. The molecule has 0 spiro atoms. The summed E-state index contributed by atoms with van der Waals surface area (Å²) in [5.41, 5.74) is 9.08. The standard InChI is InChI=1S/C15H13Cl2NO/c1-8-4-3-5-11(9(8)2)15(19)10-6-12(16)14(18)13(17)7-10/h3-7H,18H2,1-2H3. The zero-order valence-electron chi connectivity index (χ0n) is 10.6. The molecule has 2 rings (SSSR count). The van der Waals surface area contributed by atoms with Crippen LogP contribution in [0.25, 0.3) is 0 Å². The van der Waals surface area contributed by atoms with Crippen LogP contribution in [0.4, 0.5) is 5.69 Å². The predicted molar refractivity (Wildman–Crippen MR) is 80.2 cm³/mol. The van der Waals surface area contributed by atoms with Gasteiger partial charge in [0, 0.05) is 11.1 Å². The van der Waals surface area contributed by atoms with Gasteiger partial charge in [-0.3, -0.25) is 4.79 Å². The second-order valence-corrected chi connectivity index (χ2v) is 5.24. The van der Waals surface area contributed by atoms with E-state index in [-0.39, 0.29) is 5.78 Å². The van der Waals surface area contributed by atoms with E-state index in [1.165, 1.54) is 0 Å². The molecule has 0 aliphatic rings. The molecule has 0 aromatic heterocycles. The molecule has 2 aromatic rings. The number of hydrogen-bond acceptors (Lipinski definition) is 2. The Hall–Kier alpha value is -1.51. The zero-order valence-corrected chi connectivity index (χ0v) is 12.1. The van der Waals surface area contributed by atoms with E-state index in [2.05, 4.69) is 0 Å². The lowest BCUT2D eigenvalue weighted by atomic mass is 9.96. The molecule has 0 aliphatic carbocycles. The molecule has 0 aliphatic heterocycles. The Morgan fingerprint density at radius 2 is 1.68 bits per heavy atom. The predicted octanol–water partition coefficient (Wildman–Crippen LogP) is 4.42. The Kier molecular flexibility index (Phi) is 3.83. The van der Waals surface area contributed by atoms with Gasteiger partial charge in [0.05, 0.1) is 15.7 Å². The molecule has 0 saturated heterocycles. The third kappa shape index (κ3) is 2.60. The molecular formula is C15H13Cl2NO. The fraction of sp³-hybridized carbons (Fsp3) is 0.133. The van der Waals surface area contributed by atoms with E-state index in [9.17, 15) is 4.79 Å². The first-order valence-corrected chi connectivity index (χ1v) is 6.53. The van der Waals surface area contributed by atoms with Crippen LogP contribution in [-0.2, 0) is 0 Å². The number of carbonyl (C=O) groups excluding carboxylic acids is 1. The first kappa shape index (κ1) is 13.9. The van der Waals surface area contributed by atoms with Crippen LogP contribution >= 0.6 is 23.2 Å². The molecule has 2 aromatic carbocycles. The Labute approximate surface area is 122 Å². The molecule has 0 radical (unpaired) electrons. The molecule has 4 heteroatoms. The van der Waals surface area contributed by atoms with Gasteiger partial charge in [-0.05, 0) is 37.1 Å². The van der Waals surface area contributed by atoms with Gasteiger partial charge in [-0.15, -0.1) is 0 Å². The van der Waals surface area contributed by atoms with E-state index in [1.54, 1.807) is 18.2 Å². The first-order chi connectivity index (χ1) is 8.91. The van der Waals surface area contributed by atoms with E-state index < -0.39 is 0 Å². The maximum Gasteiger partial charge on any atom is 0.193 e. The highest BCUT2D eigenvalue weighted by Gasteiger charge is 2.15. The summed E-state index contributed by atoms with van der Waals surface area (Å²) >= 11 is 11.9. The molecule has 0 atom stereocenters. The van der Waals surface area contributed by atoms with E-state index in [4.69, 9.17) is 28.9 Å². The molecule has 0 fully saturated rings. The lowest BCUT2D eigenvalue weighted by molar-refractivity contribution is 0.103. The first-order valence-electron chi connectivity index (χ1n) is 5.77. The number of aryl methyl sites for hydroxylation is 1. The van der Waals surface area contributed by atoms with Crippen molar-refractivity contribution in [3.63, 3.8) is 0 Å². The molecule has 0 heterocycles. The van der Waals surface area contributed by atoms with Gasteiger partial charge in [0.15, 0.2) is 5.78 Å². The molecule has 98 valence electrons. The third-order valence-corrected chi connectivity index (χ3v) is 3.82. The second-order valence-electron chi connectivity index (χ2n) is 4.43. The van der Waals surface area contributed by atoms with Crippen LogP contribution in [0.5, 0.6) is 0 Å². The zero-order chi connectivity index (χ0) is 14.2. The molecule has 0 saturated carbocycles. The van der Waals surface area contributed by atoms with Crippen LogP contribution in [-0.4, -0.2) is 5.78 Å². The van der Waals surface area contributed by atoms with Crippen LogP contribution in [0.2, 0.25) is 10.0 Å². The van der Waals surface area contributed by atoms with Crippen LogP contribution in [0, 0.1) is 13.8 Å². The summed E-state index contributed by atoms with van der Waals surface area (Å²) < 4.78 is 0. The van der Waals surface area contributed by atoms with Gasteiger partial charge < -0.3 is 5.73 Å². The molecule has 2 nitrogen and oxygen atoms in total. The van der Waals surface area contributed by atoms with Gasteiger partial charge in [-0.25, -0.2) is 0 Å². The molecular weight excluding hydrogens is 281 g/mol. The molecule has 19 heavy (non-hydrogen) atoms. The van der Waals surface area contributed by atoms with E-state index in [0.717, 1.165) is 11.1 Å². The summed E-state index contributed by atoms with van der Waals surface area (Å²) in [6.45, 7) is 3.89. The van der Waals surface area contributed by atoms with Gasteiger partial charge in [0.2, 0.25) is 0 Å². The monoisotopic (exact) mass is 293 g/mol. The minimum absolute atomic E-state index is 0.106. The van der Waals surface area contributed by atoms with Gasteiger partial charge in [0.1, 0.15) is 0 Å². The quantitative estimate of drug-likeness (QED) is 0.658. The van der Waals surface area contributed by atoms with Crippen LogP contribution < -0.4 is 5.73 Å². The van der Waals surface area contributed by atoms with Crippen molar-refractivity contribution in [1.29, 1.82) is 0 Å². The minimum atomic E-state index is -0.106. The fourth-order valence-electron chi connectivity index (χ4n) is 1.87. The van der Waals surface area contributed by atoms with Crippen molar-refractivity contribution in [3.05, 3.63) is 62.6 Å². The highest BCUT2D eigenvalue weighted by Crippen LogP contribution is 2.30. The van der Waals surface area contributed by atoms with Crippen molar-refractivity contribution in [3.8, 4) is 0 Å². The van der Waals surface area contributed by atoms with Gasteiger partial charge in [0.25, 0.3) is 0 Å². The molecule has 0 bridgehead atoms. The largest absolute Gasteiger partial charge is 0.396 e. The average Bonchev–Trinajstić information content (AvgIpc) is 2.38. The van der Waals surface area contributed by atoms with Crippen molar-refractivity contribution in [2.24, 2.45) is 0 Å². The van der Waals surface area contributed by atoms with Crippen LogP contribution in [0.3, 0.4) is 0 Å². The SMILES string of the molecule is Cc1cccc(C(=O)c2cc(Cl)c(N)c(Cl)c2)c1C. The van der Waals surface area contributed by atoms with Gasteiger partial charge >= 0.3 is 0 Å². The summed E-state index contributed by atoms with van der Waals surface area (Å²) in [5.74, 6) is -0.106. The lowest BCUT2D eigenvalue weighted by Crippen LogP contribution is -2.05. The molecule has 2 N–H and O–H groups in total. The number of rotatable bonds is 2. The third-order valence-electron chi connectivity index (χ3n) is 3.19. The molecule has 0 unspecified atom stereocenters.